The summed E-state index contributed by atoms with van der Waals surface area (Å²) < 4.78 is 5.13. The fourth-order valence-corrected chi connectivity index (χ4v) is 1.76. The second-order valence-corrected chi connectivity index (χ2v) is 6.45. The van der Waals surface area contributed by atoms with E-state index in [1.54, 1.807) is 20.8 Å². The number of nitrogens with one attached hydrogen (secondary N) is 1. The average molecular weight is 292 g/mol. The summed E-state index contributed by atoms with van der Waals surface area (Å²) in [7, 11) is 0. The van der Waals surface area contributed by atoms with Gasteiger partial charge in [-0.15, -0.1) is 11.6 Å². The number of hydrazine groups is 1. The normalized spacial score (nSPS) is 21.9. The van der Waals surface area contributed by atoms with Crippen molar-refractivity contribution >= 4 is 23.5 Å². The molecule has 19 heavy (non-hydrogen) atoms. The van der Waals surface area contributed by atoms with Gasteiger partial charge in [0, 0.05) is 6.54 Å². The summed E-state index contributed by atoms with van der Waals surface area (Å²) in [6.07, 6.45) is 1.36. The smallest absolute Gasteiger partial charge is 0.325 e. The summed E-state index contributed by atoms with van der Waals surface area (Å²) in [6.45, 7) is 5.82. The Morgan fingerprint density at radius 3 is 2.74 bits per heavy atom. The van der Waals surface area contributed by atoms with Crippen molar-refractivity contribution in [3.05, 3.63) is 0 Å². The standard InChI is InChI=1S/C12H22ClN3O3/c1-8(14)10(17)16-6-4-5-9(15-16)11(18)19-7-12(2,3)13/h8-9,15H,4-7,14H2,1-3H3. The molecule has 0 aromatic carbocycles. The number of amides is 1. The Bertz CT molecular complexity index is 342. The lowest BCUT2D eigenvalue weighted by Crippen LogP contribution is -2.58. The molecule has 1 aliphatic heterocycles. The molecule has 1 aliphatic rings. The van der Waals surface area contributed by atoms with E-state index in [-0.39, 0.29) is 12.5 Å². The molecule has 6 nitrogen and oxygen atoms in total. The zero-order valence-electron chi connectivity index (χ0n) is 11.6. The number of esters is 1. The zero-order valence-corrected chi connectivity index (χ0v) is 12.4. The molecule has 1 saturated heterocycles. The molecule has 0 aliphatic carbocycles. The van der Waals surface area contributed by atoms with E-state index < -0.39 is 22.9 Å². The molecular formula is C12H22ClN3O3. The minimum Gasteiger partial charge on any atom is -0.463 e. The molecule has 0 spiro atoms. The highest BCUT2D eigenvalue weighted by molar-refractivity contribution is 6.23. The summed E-state index contributed by atoms with van der Waals surface area (Å²) in [5, 5.41) is 1.39. The minimum atomic E-state index is -0.593. The Balaban J connectivity index is 2.50. The maximum atomic E-state index is 11.9. The molecule has 2 atom stereocenters. The van der Waals surface area contributed by atoms with Gasteiger partial charge >= 0.3 is 5.97 Å². The quantitative estimate of drug-likeness (QED) is 0.578. The fraction of sp³-hybridized carbons (Fsp3) is 0.833. The molecule has 0 aromatic heterocycles. The Kier molecular flexibility index (Phi) is 5.58. The highest BCUT2D eigenvalue weighted by Gasteiger charge is 2.30. The topological polar surface area (TPSA) is 84.7 Å². The molecule has 110 valence electrons. The van der Waals surface area contributed by atoms with E-state index in [0.717, 1.165) is 6.42 Å². The van der Waals surface area contributed by atoms with Crippen LogP contribution in [0.3, 0.4) is 0 Å². The summed E-state index contributed by atoms with van der Waals surface area (Å²) in [6, 6.07) is -1.11. The van der Waals surface area contributed by atoms with E-state index >= 15 is 0 Å². The number of ether oxygens (including phenoxy) is 1. The third kappa shape index (κ3) is 5.34. The SMILES string of the molecule is CC(N)C(=O)N1CCCC(C(=O)OCC(C)(C)Cl)N1. The van der Waals surface area contributed by atoms with Crippen LogP contribution in [-0.4, -0.2) is 47.0 Å². The van der Waals surface area contributed by atoms with Crippen LogP contribution >= 0.6 is 11.6 Å². The molecular weight excluding hydrogens is 270 g/mol. The molecule has 1 amide bonds. The van der Waals surface area contributed by atoms with Gasteiger partial charge in [0.25, 0.3) is 5.91 Å². The molecule has 7 heteroatoms. The van der Waals surface area contributed by atoms with Crippen molar-refractivity contribution < 1.29 is 14.3 Å². The van der Waals surface area contributed by atoms with Crippen LogP contribution in [-0.2, 0) is 14.3 Å². The van der Waals surface area contributed by atoms with Crippen molar-refractivity contribution in [1.29, 1.82) is 0 Å². The molecule has 1 fully saturated rings. The van der Waals surface area contributed by atoms with Gasteiger partial charge in [0.2, 0.25) is 0 Å². The first kappa shape index (κ1) is 16.2. The number of carbonyl (C=O) groups is 2. The van der Waals surface area contributed by atoms with Gasteiger partial charge in [-0.25, -0.2) is 5.43 Å². The van der Waals surface area contributed by atoms with Crippen molar-refractivity contribution in [2.45, 2.75) is 50.6 Å². The number of carbonyl (C=O) groups excluding carboxylic acids is 2. The predicted octanol–water partition coefficient (Wildman–Crippen LogP) is 0.390. The van der Waals surface area contributed by atoms with Crippen LogP contribution in [0, 0.1) is 0 Å². The van der Waals surface area contributed by atoms with E-state index in [0.29, 0.717) is 13.0 Å². The third-order valence-electron chi connectivity index (χ3n) is 2.68. The van der Waals surface area contributed by atoms with Crippen LogP contribution in [0.5, 0.6) is 0 Å². The lowest BCUT2D eigenvalue weighted by atomic mass is 10.1. The second kappa shape index (κ2) is 6.54. The first-order chi connectivity index (χ1) is 8.70. The minimum absolute atomic E-state index is 0.132. The van der Waals surface area contributed by atoms with E-state index in [1.807, 2.05) is 0 Å². The van der Waals surface area contributed by atoms with E-state index in [9.17, 15) is 9.59 Å². The maximum absolute atomic E-state index is 11.9. The Hall–Kier alpha value is -0.850. The van der Waals surface area contributed by atoms with Crippen molar-refractivity contribution in [3.8, 4) is 0 Å². The van der Waals surface area contributed by atoms with Gasteiger partial charge in [0.15, 0.2) is 0 Å². The molecule has 0 aromatic rings. The summed E-state index contributed by atoms with van der Waals surface area (Å²) in [5.41, 5.74) is 8.40. The lowest BCUT2D eigenvalue weighted by molar-refractivity contribution is -0.152. The van der Waals surface area contributed by atoms with Gasteiger partial charge in [-0.3, -0.25) is 14.6 Å². The molecule has 0 saturated carbocycles. The Labute approximate surface area is 118 Å². The van der Waals surface area contributed by atoms with Crippen LogP contribution in [0.1, 0.15) is 33.6 Å². The molecule has 2 unspecified atom stereocenters. The molecule has 1 heterocycles. The number of halogens is 1. The number of hydrogen-bond donors (Lipinski definition) is 2. The van der Waals surface area contributed by atoms with E-state index in [1.165, 1.54) is 5.01 Å². The molecule has 0 bridgehead atoms. The van der Waals surface area contributed by atoms with Crippen LogP contribution in [0.2, 0.25) is 0 Å². The zero-order chi connectivity index (χ0) is 14.6. The maximum Gasteiger partial charge on any atom is 0.325 e. The summed E-state index contributed by atoms with van der Waals surface area (Å²) in [5.74, 6) is -0.619. The van der Waals surface area contributed by atoms with Crippen LogP contribution in [0.15, 0.2) is 0 Å². The first-order valence-electron chi connectivity index (χ1n) is 6.39. The summed E-state index contributed by atoms with van der Waals surface area (Å²) in [4.78, 5) is 23.0. The third-order valence-corrected chi connectivity index (χ3v) is 2.79. The van der Waals surface area contributed by atoms with Crippen LogP contribution < -0.4 is 11.2 Å². The van der Waals surface area contributed by atoms with Gasteiger partial charge in [-0.05, 0) is 33.6 Å². The van der Waals surface area contributed by atoms with Crippen molar-refractivity contribution in [2.24, 2.45) is 5.73 Å². The van der Waals surface area contributed by atoms with Gasteiger partial charge in [0.1, 0.15) is 12.6 Å². The average Bonchev–Trinajstić information content (AvgIpc) is 2.34. The highest BCUT2D eigenvalue weighted by atomic mass is 35.5. The van der Waals surface area contributed by atoms with E-state index in [4.69, 9.17) is 22.1 Å². The van der Waals surface area contributed by atoms with Gasteiger partial charge in [-0.1, -0.05) is 0 Å². The van der Waals surface area contributed by atoms with Crippen LogP contribution in [0.4, 0.5) is 0 Å². The largest absolute Gasteiger partial charge is 0.463 e. The first-order valence-corrected chi connectivity index (χ1v) is 6.77. The number of rotatable bonds is 4. The van der Waals surface area contributed by atoms with E-state index in [2.05, 4.69) is 5.43 Å². The van der Waals surface area contributed by atoms with Gasteiger partial charge in [0.05, 0.1) is 10.9 Å². The molecule has 1 rings (SSSR count). The lowest BCUT2D eigenvalue weighted by Gasteiger charge is -2.33. The van der Waals surface area contributed by atoms with Gasteiger partial charge in [-0.2, -0.15) is 0 Å². The summed E-state index contributed by atoms with van der Waals surface area (Å²) >= 11 is 5.96. The fourth-order valence-electron chi connectivity index (χ4n) is 1.70. The number of alkyl halides is 1. The van der Waals surface area contributed by atoms with Crippen LogP contribution in [0.25, 0.3) is 0 Å². The second-order valence-electron chi connectivity index (χ2n) is 5.43. The monoisotopic (exact) mass is 291 g/mol. The van der Waals surface area contributed by atoms with Crippen molar-refractivity contribution in [1.82, 2.24) is 10.4 Å². The number of nitrogens with zero attached hydrogens (tertiary/aromatic N) is 1. The highest BCUT2D eigenvalue weighted by Crippen LogP contribution is 2.15. The Morgan fingerprint density at radius 2 is 2.21 bits per heavy atom. The van der Waals surface area contributed by atoms with Gasteiger partial charge < -0.3 is 10.5 Å². The molecule has 3 N–H and O–H groups in total. The number of nitrogens with two attached hydrogens (primary N) is 1. The number of hydrogen-bond acceptors (Lipinski definition) is 5. The van der Waals surface area contributed by atoms with Crippen molar-refractivity contribution in [2.75, 3.05) is 13.2 Å². The Morgan fingerprint density at radius 1 is 1.58 bits per heavy atom. The molecule has 0 radical (unpaired) electrons. The predicted molar refractivity (Wildman–Crippen MR) is 72.4 cm³/mol. The van der Waals surface area contributed by atoms with Crippen molar-refractivity contribution in [3.63, 3.8) is 0 Å².